The second-order valence-electron chi connectivity index (χ2n) is 5.45. The van der Waals surface area contributed by atoms with Crippen LogP contribution in [0, 0.1) is 5.92 Å². The third kappa shape index (κ3) is 4.12. The zero-order chi connectivity index (χ0) is 12.1. The van der Waals surface area contributed by atoms with Crippen LogP contribution >= 0.6 is 0 Å². The molecule has 16 heavy (non-hydrogen) atoms. The Morgan fingerprint density at radius 2 is 2.19 bits per heavy atom. The minimum absolute atomic E-state index is 0.127. The van der Waals surface area contributed by atoms with E-state index in [-0.39, 0.29) is 11.9 Å². The van der Waals surface area contributed by atoms with Crippen LogP contribution < -0.4 is 5.73 Å². The van der Waals surface area contributed by atoms with Crippen molar-refractivity contribution in [3.8, 4) is 0 Å². The van der Waals surface area contributed by atoms with Gasteiger partial charge in [0.05, 0.1) is 0 Å². The predicted octanol–water partition coefficient (Wildman–Crippen LogP) is 2.15. The SMILES string of the molecule is CC(N)CCC(=O)N(C)C1CCCC(C)C1. The molecule has 0 bridgehead atoms. The van der Waals surface area contributed by atoms with Crippen molar-refractivity contribution in [3.63, 3.8) is 0 Å². The standard InChI is InChI=1S/C13H26N2O/c1-10-5-4-6-12(9-10)15(3)13(16)8-7-11(2)14/h10-12H,4-9,14H2,1-3H3. The molecule has 0 spiro atoms. The van der Waals surface area contributed by atoms with E-state index in [1.807, 2.05) is 18.9 Å². The van der Waals surface area contributed by atoms with E-state index in [9.17, 15) is 4.79 Å². The van der Waals surface area contributed by atoms with Crippen molar-refractivity contribution in [2.75, 3.05) is 7.05 Å². The fraction of sp³-hybridized carbons (Fsp3) is 0.923. The molecule has 1 saturated carbocycles. The van der Waals surface area contributed by atoms with E-state index in [2.05, 4.69) is 6.92 Å². The number of carbonyl (C=O) groups excluding carboxylic acids is 1. The molecule has 0 aromatic heterocycles. The molecule has 1 rings (SSSR count). The summed E-state index contributed by atoms with van der Waals surface area (Å²) in [7, 11) is 1.95. The van der Waals surface area contributed by atoms with Gasteiger partial charge in [0.1, 0.15) is 0 Å². The molecule has 3 atom stereocenters. The van der Waals surface area contributed by atoms with Gasteiger partial charge in [-0.3, -0.25) is 4.79 Å². The highest BCUT2D eigenvalue weighted by Gasteiger charge is 2.25. The Morgan fingerprint density at radius 3 is 2.75 bits per heavy atom. The lowest BCUT2D eigenvalue weighted by molar-refractivity contribution is -0.133. The van der Waals surface area contributed by atoms with Gasteiger partial charge in [-0.25, -0.2) is 0 Å². The summed E-state index contributed by atoms with van der Waals surface area (Å²) in [5.74, 6) is 1.03. The summed E-state index contributed by atoms with van der Waals surface area (Å²) in [4.78, 5) is 13.9. The highest BCUT2D eigenvalue weighted by Crippen LogP contribution is 2.27. The van der Waals surface area contributed by atoms with Crippen LogP contribution in [0.4, 0.5) is 0 Å². The quantitative estimate of drug-likeness (QED) is 0.798. The van der Waals surface area contributed by atoms with E-state index in [4.69, 9.17) is 5.73 Å². The summed E-state index contributed by atoms with van der Waals surface area (Å²) in [6, 6.07) is 0.590. The van der Waals surface area contributed by atoms with Crippen molar-refractivity contribution < 1.29 is 4.79 Å². The van der Waals surface area contributed by atoms with Crippen molar-refractivity contribution in [1.29, 1.82) is 0 Å². The molecule has 0 aromatic rings. The minimum atomic E-state index is 0.127. The molecular formula is C13H26N2O. The lowest BCUT2D eigenvalue weighted by atomic mass is 9.86. The van der Waals surface area contributed by atoms with E-state index in [1.54, 1.807) is 0 Å². The summed E-state index contributed by atoms with van der Waals surface area (Å²) in [6.45, 7) is 4.24. The third-order valence-corrected chi connectivity index (χ3v) is 3.66. The molecule has 0 saturated heterocycles. The van der Waals surface area contributed by atoms with Crippen LogP contribution in [0.1, 0.15) is 52.4 Å². The first-order valence-corrected chi connectivity index (χ1v) is 6.52. The van der Waals surface area contributed by atoms with E-state index in [0.29, 0.717) is 12.5 Å². The topological polar surface area (TPSA) is 46.3 Å². The van der Waals surface area contributed by atoms with E-state index in [0.717, 1.165) is 12.3 Å². The highest BCUT2D eigenvalue weighted by atomic mass is 16.2. The molecule has 94 valence electrons. The van der Waals surface area contributed by atoms with E-state index in [1.165, 1.54) is 25.7 Å². The van der Waals surface area contributed by atoms with Gasteiger partial charge in [0.15, 0.2) is 0 Å². The Bertz CT molecular complexity index is 228. The van der Waals surface area contributed by atoms with Gasteiger partial charge in [0.2, 0.25) is 5.91 Å². The number of carbonyl (C=O) groups is 1. The van der Waals surface area contributed by atoms with Crippen LogP contribution in [-0.2, 0) is 4.79 Å². The summed E-state index contributed by atoms with van der Waals surface area (Å²) in [5.41, 5.74) is 5.67. The number of hydrogen-bond donors (Lipinski definition) is 1. The molecule has 1 aliphatic carbocycles. The van der Waals surface area contributed by atoms with Crippen LogP contribution in [0.5, 0.6) is 0 Å². The number of amides is 1. The largest absolute Gasteiger partial charge is 0.343 e. The second-order valence-corrected chi connectivity index (χ2v) is 5.45. The first kappa shape index (κ1) is 13.5. The van der Waals surface area contributed by atoms with Crippen LogP contribution in [0.25, 0.3) is 0 Å². The first-order valence-electron chi connectivity index (χ1n) is 6.52. The van der Waals surface area contributed by atoms with Crippen molar-refractivity contribution in [3.05, 3.63) is 0 Å². The maximum atomic E-state index is 11.9. The smallest absolute Gasteiger partial charge is 0.222 e. The monoisotopic (exact) mass is 226 g/mol. The van der Waals surface area contributed by atoms with Crippen molar-refractivity contribution >= 4 is 5.91 Å². The van der Waals surface area contributed by atoms with Crippen LogP contribution in [0.2, 0.25) is 0 Å². The first-order chi connectivity index (χ1) is 7.50. The molecule has 0 radical (unpaired) electrons. The van der Waals surface area contributed by atoms with Crippen LogP contribution in [0.15, 0.2) is 0 Å². The minimum Gasteiger partial charge on any atom is -0.343 e. The summed E-state index contributed by atoms with van der Waals surface area (Å²) >= 11 is 0. The van der Waals surface area contributed by atoms with Gasteiger partial charge in [-0.05, 0) is 32.1 Å². The Labute approximate surface area is 99.4 Å². The Morgan fingerprint density at radius 1 is 1.50 bits per heavy atom. The van der Waals surface area contributed by atoms with Gasteiger partial charge >= 0.3 is 0 Å². The highest BCUT2D eigenvalue weighted by molar-refractivity contribution is 5.76. The zero-order valence-electron chi connectivity index (χ0n) is 10.9. The summed E-state index contributed by atoms with van der Waals surface area (Å²) in [6.07, 6.45) is 6.31. The molecule has 1 amide bonds. The molecule has 3 heteroatoms. The molecular weight excluding hydrogens is 200 g/mol. The lowest BCUT2D eigenvalue weighted by Gasteiger charge is -2.34. The Hall–Kier alpha value is -0.570. The summed E-state index contributed by atoms with van der Waals surface area (Å²) in [5, 5.41) is 0. The number of rotatable bonds is 4. The lowest BCUT2D eigenvalue weighted by Crippen LogP contribution is -2.40. The van der Waals surface area contributed by atoms with Crippen molar-refractivity contribution in [2.45, 2.75) is 64.5 Å². The fourth-order valence-electron chi connectivity index (χ4n) is 2.48. The van der Waals surface area contributed by atoms with Gasteiger partial charge in [0, 0.05) is 25.6 Å². The predicted molar refractivity (Wildman–Crippen MR) is 67.1 cm³/mol. The summed E-state index contributed by atoms with van der Waals surface area (Å²) < 4.78 is 0. The van der Waals surface area contributed by atoms with Gasteiger partial charge in [0.25, 0.3) is 0 Å². The van der Waals surface area contributed by atoms with Gasteiger partial charge in [-0.2, -0.15) is 0 Å². The van der Waals surface area contributed by atoms with E-state index < -0.39 is 0 Å². The van der Waals surface area contributed by atoms with Crippen molar-refractivity contribution in [1.82, 2.24) is 4.90 Å². The molecule has 3 unspecified atom stereocenters. The number of nitrogens with two attached hydrogens (primary N) is 1. The molecule has 2 N–H and O–H groups in total. The number of hydrogen-bond acceptors (Lipinski definition) is 2. The van der Waals surface area contributed by atoms with Crippen LogP contribution in [0.3, 0.4) is 0 Å². The maximum absolute atomic E-state index is 11.9. The number of nitrogens with zero attached hydrogens (tertiary/aromatic N) is 1. The molecule has 0 heterocycles. The molecule has 1 fully saturated rings. The third-order valence-electron chi connectivity index (χ3n) is 3.66. The van der Waals surface area contributed by atoms with Gasteiger partial charge < -0.3 is 10.6 Å². The second kappa shape index (κ2) is 6.24. The Balaban J connectivity index is 2.37. The van der Waals surface area contributed by atoms with Gasteiger partial charge in [-0.1, -0.05) is 19.8 Å². The molecule has 0 aromatic carbocycles. The average Bonchev–Trinajstić information content (AvgIpc) is 2.24. The van der Waals surface area contributed by atoms with E-state index >= 15 is 0 Å². The fourth-order valence-corrected chi connectivity index (χ4v) is 2.48. The van der Waals surface area contributed by atoms with Crippen molar-refractivity contribution in [2.24, 2.45) is 11.7 Å². The zero-order valence-corrected chi connectivity index (χ0v) is 10.9. The normalized spacial score (nSPS) is 27.5. The molecule has 0 aliphatic heterocycles. The molecule has 3 nitrogen and oxygen atoms in total. The Kier molecular flexibility index (Phi) is 5.26. The van der Waals surface area contributed by atoms with Gasteiger partial charge in [-0.15, -0.1) is 0 Å². The maximum Gasteiger partial charge on any atom is 0.222 e. The average molecular weight is 226 g/mol. The molecule has 1 aliphatic rings. The van der Waals surface area contributed by atoms with Crippen LogP contribution in [-0.4, -0.2) is 29.9 Å².